The van der Waals surface area contributed by atoms with Gasteiger partial charge in [0.25, 0.3) is 5.91 Å². The van der Waals surface area contributed by atoms with Crippen molar-refractivity contribution in [3.05, 3.63) is 29.1 Å². The van der Waals surface area contributed by atoms with Gasteiger partial charge in [-0.2, -0.15) is 13.2 Å². The van der Waals surface area contributed by atoms with Gasteiger partial charge in [0.2, 0.25) is 0 Å². The van der Waals surface area contributed by atoms with Gasteiger partial charge in [-0.1, -0.05) is 0 Å². The number of nitrogens with one attached hydrogen (secondary N) is 1. The highest BCUT2D eigenvalue weighted by Crippen LogP contribution is 2.23. The average Bonchev–Trinajstić information content (AvgIpc) is 2.51. The number of amides is 2. The van der Waals surface area contributed by atoms with Gasteiger partial charge in [-0.05, 0) is 44.7 Å². The van der Waals surface area contributed by atoms with E-state index in [2.05, 4.69) is 10.3 Å². The quantitative estimate of drug-likeness (QED) is 0.915. The van der Waals surface area contributed by atoms with E-state index in [1.165, 1.54) is 0 Å². The molecule has 132 valence electrons. The van der Waals surface area contributed by atoms with Crippen molar-refractivity contribution in [2.24, 2.45) is 5.92 Å². The van der Waals surface area contributed by atoms with Crippen molar-refractivity contribution in [2.75, 3.05) is 19.6 Å². The predicted molar refractivity (Wildman–Crippen MR) is 81.4 cm³/mol. The first-order valence-corrected chi connectivity index (χ1v) is 7.77. The van der Waals surface area contributed by atoms with E-state index in [0.717, 1.165) is 10.6 Å². The highest BCUT2D eigenvalue weighted by molar-refractivity contribution is 5.95. The molecule has 24 heavy (non-hydrogen) atoms. The Hall–Kier alpha value is -2.12. The molecular formula is C16H20F3N3O2. The number of pyridine rings is 1. The Morgan fingerprint density at radius 3 is 2.42 bits per heavy atom. The van der Waals surface area contributed by atoms with Crippen LogP contribution in [-0.2, 0) is 4.79 Å². The molecule has 0 saturated carbocycles. The molecule has 0 radical (unpaired) electrons. The van der Waals surface area contributed by atoms with Crippen LogP contribution in [0.25, 0.3) is 0 Å². The number of carbonyl (C=O) groups excluding carboxylic acids is 2. The van der Waals surface area contributed by atoms with Gasteiger partial charge >= 0.3 is 12.1 Å². The van der Waals surface area contributed by atoms with E-state index in [-0.39, 0.29) is 24.9 Å². The number of alkyl halides is 3. The number of likely N-dealkylation sites (tertiary alicyclic amines) is 1. The lowest BCUT2D eigenvalue weighted by atomic mass is 9.96. The van der Waals surface area contributed by atoms with E-state index in [1.807, 2.05) is 6.92 Å². The summed E-state index contributed by atoms with van der Waals surface area (Å²) >= 11 is 0. The van der Waals surface area contributed by atoms with Crippen LogP contribution in [0.15, 0.2) is 12.1 Å². The molecule has 2 rings (SSSR count). The summed E-state index contributed by atoms with van der Waals surface area (Å²) in [5.41, 5.74) is 1.95. The van der Waals surface area contributed by atoms with Gasteiger partial charge in [0, 0.05) is 25.3 Å². The third kappa shape index (κ3) is 4.46. The lowest BCUT2D eigenvalue weighted by Crippen LogP contribution is -2.46. The Balaban J connectivity index is 1.82. The van der Waals surface area contributed by atoms with Gasteiger partial charge < -0.3 is 10.2 Å². The van der Waals surface area contributed by atoms with Crippen LogP contribution in [0, 0.1) is 19.8 Å². The maximum Gasteiger partial charge on any atom is 0.471 e. The molecule has 0 aromatic carbocycles. The summed E-state index contributed by atoms with van der Waals surface area (Å²) in [6, 6.07) is 3.46. The first-order valence-electron chi connectivity index (χ1n) is 7.77. The summed E-state index contributed by atoms with van der Waals surface area (Å²) in [7, 11) is 0. The molecule has 0 spiro atoms. The lowest BCUT2D eigenvalue weighted by molar-refractivity contribution is -0.186. The first kappa shape index (κ1) is 18.2. The highest BCUT2D eigenvalue weighted by atomic mass is 19.4. The fourth-order valence-electron chi connectivity index (χ4n) is 2.78. The van der Waals surface area contributed by atoms with Gasteiger partial charge in [0.1, 0.15) is 0 Å². The number of hydrogen-bond donors (Lipinski definition) is 1. The number of halogens is 3. The summed E-state index contributed by atoms with van der Waals surface area (Å²) in [5.74, 6) is -1.97. The van der Waals surface area contributed by atoms with E-state index in [1.54, 1.807) is 19.1 Å². The summed E-state index contributed by atoms with van der Waals surface area (Å²) in [5, 5.41) is 2.80. The molecule has 2 heterocycles. The van der Waals surface area contributed by atoms with Crippen LogP contribution in [0.3, 0.4) is 0 Å². The van der Waals surface area contributed by atoms with Crippen molar-refractivity contribution in [1.29, 1.82) is 0 Å². The van der Waals surface area contributed by atoms with Crippen LogP contribution >= 0.6 is 0 Å². The third-order valence-corrected chi connectivity index (χ3v) is 4.17. The van der Waals surface area contributed by atoms with E-state index < -0.39 is 12.1 Å². The number of aryl methyl sites for hydroxylation is 2. The van der Waals surface area contributed by atoms with E-state index in [9.17, 15) is 22.8 Å². The van der Waals surface area contributed by atoms with Gasteiger partial charge in [-0.25, -0.2) is 0 Å². The lowest BCUT2D eigenvalue weighted by Gasteiger charge is -2.32. The number of hydrogen-bond acceptors (Lipinski definition) is 3. The molecule has 2 amide bonds. The molecule has 1 aliphatic heterocycles. The molecule has 1 aromatic rings. The van der Waals surface area contributed by atoms with Crippen LogP contribution in [0.4, 0.5) is 13.2 Å². The fourth-order valence-corrected chi connectivity index (χ4v) is 2.78. The first-order chi connectivity index (χ1) is 11.2. The Morgan fingerprint density at radius 1 is 1.25 bits per heavy atom. The minimum Gasteiger partial charge on any atom is -0.352 e. The monoisotopic (exact) mass is 343 g/mol. The molecular weight excluding hydrogens is 323 g/mol. The normalized spacial score (nSPS) is 16.1. The molecule has 0 atom stereocenters. The zero-order valence-electron chi connectivity index (χ0n) is 13.6. The molecule has 1 aliphatic rings. The maximum atomic E-state index is 12.4. The Bertz CT molecular complexity index is 623. The van der Waals surface area contributed by atoms with Gasteiger partial charge in [-0.3, -0.25) is 14.6 Å². The Kier molecular flexibility index (Phi) is 5.46. The number of aromatic nitrogens is 1. The second-order valence-electron chi connectivity index (χ2n) is 6.03. The van der Waals surface area contributed by atoms with Gasteiger partial charge in [-0.15, -0.1) is 0 Å². The van der Waals surface area contributed by atoms with Crippen LogP contribution in [0.2, 0.25) is 0 Å². The molecule has 0 unspecified atom stereocenters. The molecule has 1 saturated heterocycles. The second kappa shape index (κ2) is 7.19. The minimum atomic E-state index is -4.82. The van der Waals surface area contributed by atoms with Crippen molar-refractivity contribution in [1.82, 2.24) is 15.2 Å². The van der Waals surface area contributed by atoms with Crippen molar-refractivity contribution < 1.29 is 22.8 Å². The number of piperidine rings is 1. The Labute approximate surface area is 138 Å². The van der Waals surface area contributed by atoms with Crippen LogP contribution in [0.5, 0.6) is 0 Å². The SMILES string of the molecule is Cc1ccc(C(=O)NCC2CCN(C(=O)C(F)(F)F)CC2)c(C)n1. The van der Waals surface area contributed by atoms with E-state index >= 15 is 0 Å². The summed E-state index contributed by atoms with van der Waals surface area (Å²) < 4.78 is 37.2. The molecule has 1 aromatic heterocycles. The Morgan fingerprint density at radius 2 is 1.88 bits per heavy atom. The summed E-state index contributed by atoms with van der Waals surface area (Å²) in [4.78, 5) is 28.4. The zero-order valence-corrected chi connectivity index (χ0v) is 13.6. The number of carbonyl (C=O) groups is 2. The zero-order chi connectivity index (χ0) is 17.9. The van der Waals surface area contributed by atoms with Gasteiger partial charge in [0.05, 0.1) is 11.3 Å². The fraction of sp³-hybridized carbons (Fsp3) is 0.562. The number of nitrogens with zero attached hydrogens (tertiary/aromatic N) is 2. The molecule has 0 aliphatic carbocycles. The van der Waals surface area contributed by atoms with E-state index in [4.69, 9.17) is 0 Å². The van der Waals surface area contributed by atoms with Crippen LogP contribution < -0.4 is 5.32 Å². The molecule has 8 heteroatoms. The maximum absolute atomic E-state index is 12.4. The topological polar surface area (TPSA) is 62.3 Å². The van der Waals surface area contributed by atoms with Crippen molar-refractivity contribution in [3.8, 4) is 0 Å². The molecule has 1 N–H and O–H groups in total. The largest absolute Gasteiger partial charge is 0.471 e. The standard InChI is InChI=1S/C16H20F3N3O2/c1-10-3-4-13(11(2)21-10)14(23)20-9-12-5-7-22(8-6-12)15(24)16(17,18)19/h3-4,12H,5-9H2,1-2H3,(H,20,23). The smallest absolute Gasteiger partial charge is 0.352 e. The number of rotatable bonds is 3. The molecule has 5 nitrogen and oxygen atoms in total. The molecule has 0 bridgehead atoms. The van der Waals surface area contributed by atoms with Crippen molar-refractivity contribution >= 4 is 11.8 Å². The highest BCUT2D eigenvalue weighted by Gasteiger charge is 2.43. The van der Waals surface area contributed by atoms with Crippen molar-refractivity contribution in [2.45, 2.75) is 32.9 Å². The van der Waals surface area contributed by atoms with Crippen LogP contribution in [0.1, 0.15) is 34.6 Å². The molecule has 1 fully saturated rings. The van der Waals surface area contributed by atoms with E-state index in [0.29, 0.717) is 30.6 Å². The third-order valence-electron chi connectivity index (χ3n) is 4.17. The summed E-state index contributed by atoms with van der Waals surface area (Å²) in [6.07, 6.45) is -3.95. The average molecular weight is 343 g/mol. The minimum absolute atomic E-state index is 0.0595. The van der Waals surface area contributed by atoms with Crippen LogP contribution in [-0.4, -0.2) is 47.5 Å². The van der Waals surface area contributed by atoms with Crippen molar-refractivity contribution in [3.63, 3.8) is 0 Å². The summed E-state index contributed by atoms with van der Waals surface area (Å²) in [6.45, 7) is 4.09. The predicted octanol–water partition coefficient (Wildman–Crippen LogP) is 2.23. The van der Waals surface area contributed by atoms with Gasteiger partial charge in [0.15, 0.2) is 0 Å². The second-order valence-corrected chi connectivity index (χ2v) is 6.03.